The summed E-state index contributed by atoms with van der Waals surface area (Å²) >= 11 is 17.4. The predicted molar refractivity (Wildman–Crippen MR) is 110 cm³/mol. The summed E-state index contributed by atoms with van der Waals surface area (Å²) in [6, 6.07) is 0. The zero-order valence-electron chi connectivity index (χ0n) is 16.1. The van der Waals surface area contributed by atoms with E-state index in [0.29, 0.717) is 23.5 Å². The Morgan fingerprint density at radius 3 is 1.67 bits per heavy atom. The van der Waals surface area contributed by atoms with E-state index in [1.165, 1.54) is 14.2 Å². The van der Waals surface area contributed by atoms with Gasteiger partial charge in [0.15, 0.2) is 16.5 Å². The molecule has 2 N–H and O–H groups in total. The van der Waals surface area contributed by atoms with Gasteiger partial charge in [-0.05, 0) is 25.7 Å². The predicted octanol–water partition coefficient (Wildman–Crippen LogP) is 3.82. The lowest BCUT2D eigenvalue weighted by atomic mass is 10.3. The van der Waals surface area contributed by atoms with Crippen LogP contribution < -0.4 is 5.73 Å². The van der Waals surface area contributed by atoms with Gasteiger partial charge in [-0.2, -0.15) is 0 Å². The highest BCUT2D eigenvalue weighted by Gasteiger charge is 2.30. The van der Waals surface area contributed by atoms with E-state index in [9.17, 15) is 9.59 Å². The van der Waals surface area contributed by atoms with Crippen molar-refractivity contribution in [2.75, 3.05) is 20.0 Å². The van der Waals surface area contributed by atoms with E-state index < -0.39 is 11.9 Å². The second-order valence-corrected chi connectivity index (χ2v) is 7.81. The summed E-state index contributed by atoms with van der Waals surface area (Å²) in [6.45, 7) is 0. The number of nitrogens with two attached hydrogens (primary N) is 1. The van der Waals surface area contributed by atoms with Crippen molar-refractivity contribution >= 4 is 52.6 Å². The van der Waals surface area contributed by atoms with Crippen LogP contribution in [-0.2, 0) is 9.47 Å². The number of nitrogen functional groups attached to an aromatic ring is 1. The molecule has 0 atom stereocenters. The van der Waals surface area contributed by atoms with Gasteiger partial charge in [-0.1, -0.05) is 34.8 Å². The lowest BCUT2D eigenvalue weighted by molar-refractivity contribution is 0.0585. The smallest absolute Gasteiger partial charge is 0.358 e. The van der Waals surface area contributed by atoms with Crippen molar-refractivity contribution in [2.24, 2.45) is 0 Å². The van der Waals surface area contributed by atoms with Crippen LogP contribution in [0.5, 0.6) is 0 Å². The number of methoxy groups -OCH3 is 2. The molecule has 0 radical (unpaired) electrons. The van der Waals surface area contributed by atoms with E-state index in [2.05, 4.69) is 29.4 Å². The van der Waals surface area contributed by atoms with Crippen LogP contribution in [0.15, 0.2) is 0 Å². The fourth-order valence-corrected chi connectivity index (χ4v) is 2.93. The van der Waals surface area contributed by atoms with Gasteiger partial charge < -0.3 is 15.2 Å². The number of aromatic nitrogens is 4. The van der Waals surface area contributed by atoms with Gasteiger partial charge in [0, 0.05) is 11.8 Å². The molecular weight excluding hydrogens is 457 g/mol. The van der Waals surface area contributed by atoms with Crippen molar-refractivity contribution < 1.29 is 19.1 Å². The summed E-state index contributed by atoms with van der Waals surface area (Å²) in [5.41, 5.74) is 5.68. The highest BCUT2D eigenvalue weighted by Crippen LogP contribution is 2.40. The molecule has 2 aromatic heterocycles. The van der Waals surface area contributed by atoms with Crippen LogP contribution in [0.25, 0.3) is 0 Å². The first-order valence-electron chi connectivity index (χ1n) is 8.99. The monoisotopic (exact) mass is 473 g/mol. The van der Waals surface area contributed by atoms with Crippen molar-refractivity contribution in [2.45, 2.75) is 37.5 Å². The van der Waals surface area contributed by atoms with E-state index in [4.69, 9.17) is 40.5 Å². The standard InChI is InChI=1S/C9H8Cl2N2O2.C9H10ClN3O2/c2*1-15-9(14)6-5(10)7(11)13-8(12-6)4-2-3-4/h4H,2-3H2,1H3;4H,2-3H2,1H3,(H2,11,12,13). The molecule has 0 aliphatic heterocycles. The molecule has 2 heterocycles. The Hall–Kier alpha value is -2.23. The van der Waals surface area contributed by atoms with E-state index in [1.807, 2.05) is 0 Å². The molecule has 9 nitrogen and oxygen atoms in total. The number of anilines is 1. The molecule has 2 saturated carbocycles. The lowest BCUT2D eigenvalue weighted by Gasteiger charge is -2.06. The second kappa shape index (κ2) is 9.28. The minimum atomic E-state index is -0.591. The van der Waals surface area contributed by atoms with Gasteiger partial charge in [-0.3, -0.25) is 0 Å². The third-order valence-electron chi connectivity index (χ3n) is 4.36. The highest BCUT2D eigenvalue weighted by molar-refractivity contribution is 6.42. The maximum atomic E-state index is 11.3. The van der Waals surface area contributed by atoms with E-state index >= 15 is 0 Å². The number of hydrogen-bond acceptors (Lipinski definition) is 9. The number of rotatable bonds is 4. The molecule has 0 aromatic carbocycles. The molecule has 0 unspecified atom stereocenters. The summed E-state index contributed by atoms with van der Waals surface area (Å²) in [4.78, 5) is 38.9. The summed E-state index contributed by atoms with van der Waals surface area (Å²) < 4.78 is 9.11. The van der Waals surface area contributed by atoms with E-state index in [-0.39, 0.29) is 32.4 Å². The molecule has 160 valence electrons. The normalized spacial score (nSPS) is 15.1. The SMILES string of the molecule is COC(=O)c1nc(C2CC2)nc(Cl)c1Cl.COC(=O)c1nc(C2CC2)nc(N)c1Cl. The van der Waals surface area contributed by atoms with Crippen LogP contribution in [0.1, 0.15) is 70.1 Å². The van der Waals surface area contributed by atoms with Crippen molar-refractivity contribution in [3.8, 4) is 0 Å². The number of ether oxygens (including phenoxy) is 2. The molecule has 2 aliphatic carbocycles. The average Bonchev–Trinajstić information content (AvgIpc) is 3.63. The zero-order valence-corrected chi connectivity index (χ0v) is 18.4. The average molecular weight is 475 g/mol. The number of carbonyl (C=O) groups excluding carboxylic acids is 2. The van der Waals surface area contributed by atoms with Gasteiger partial charge in [0.25, 0.3) is 0 Å². The zero-order chi connectivity index (χ0) is 22.0. The van der Waals surface area contributed by atoms with E-state index in [0.717, 1.165) is 25.7 Å². The molecule has 12 heteroatoms. The van der Waals surface area contributed by atoms with Crippen molar-refractivity contribution in [3.63, 3.8) is 0 Å². The first kappa shape index (κ1) is 22.5. The fraction of sp³-hybridized carbons (Fsp3) is 0.444. The van der Waals surface area contributed by atoms with Crippen LogP contribution in [-0.4, -0.2) is 46.1 Å². The molecule has 0 bridgehead atoms. The van der Waals surface area contributed by atoms with Gasteiger partial charge in [0.1, 0.15) is 27.5 Å². The number of nitrogens with zero attached hydrogens (tertiary/aromatic N) is 4. The Bertz CT molecular complexity index is 917. The number of esters is 2. The first-order chi connectivity index (χ1) is 14.3. The first-order valence-corrected chi connectivity index (χ1v) is 10.1. The van der Waals surface area contributed by atoms with Crippen LogP contribution >= 0.6 is 34.8 Å². The van der Waals surface area contributed by atoms with Gasteiger partial charge in [-0.25, -0.2) is 29.5 Å². The Morgan fingerprint density at radius 1 is 0.800 bits per heavy atom. The minimum absolute atomic E-state index is 0.0427. The third kappa shape index (κ3) is 5.08. The van der Waals surface area contributed by atoms with Crippen LogP contribution in [0.2, 0.25) is 15.2 Å². The molecule has 2 aromatic rings. The maximum Gasteiger partial charge on any atom is 0.358 e. The fourth-order valence-electron chi connectivity index (χ4n) is 2.43. The summed E-state index contributed by atoms with van der Waals surface area (Å²) in [5.74, 6) is 0.731. The minimum Gasteiger partial charge on any atom is -0.464 e. The van der Waals surface area contributed by atoms with Gasteiger partial charge in [0.2, 0.25) is 0 Å². The summed E-state index contributed by atoms with van der Waals surface area (Å²) in [6.07, 6.45) is 4.11. The molecule has 0 spiro atoms. The Labute approximate surface area is 187 Å². The summed E-state index contributed by atoms with van der Waals surface area (Å²) in [7, 11) is 2.54. The van der Waals surface area contributed by atoms with Crippen LogP contribution in [0.3, 0.4) is 0 Å². The van der Waals surface area contributed by atoms with Gasteiger partial charge in [-0.15, -0.1) is 0 Å². The maximum absolute atomic E-state index is 11.3. The topological polar surface area (TPSA) is 130 Å². The molecule has 0 saturated heterocycles. The molecule has 4 rings (SSSR count). The van der Waals surface area contributed by atoms with Gasteiger partial charge >= 0.3 is 11.9 Å². The van der Waals surface area contributed by atoms with Crippen LogP contribution in [0, 0.1) is 0 Å². The molecule has 0 amide bonds. The Balaban J connectivity index is 0.000000171. The largest absolute Gasteiger partial charge is 0.464 e. The van der Waals surface area contributed by atoms with Crippen LogP contribution in [0.4, 0.5) is 5.82 Å². The molecule has 2 aliphatic rings. The quantitative estimate of drug-likeness (QED) is 0.519. The Morgan fingerprint density at radius 2 is 1.23 bits per heavy atom. The number of halogens is 3. The second-order valence-electron chi connectivity index (χ2n) is 6.70. The lowest BCUT2D eigenvalue weighted by Crippen LogP contribution is -2.11. The molecular formula is C18H18Cl3N5O4. The highest BCUT2D eigenvalue weighted by atomic mass is 35.5. The van der Waals surface area contributed by atoms with Crippen molar-refractivity contribution in [3.05, 3.63) is 38.2 Å². The van der Waals surface area contributed by atoms with Crippen molar-refractivity contribution in [1.82, 2.24) is 19.9 Å². The number of carbonyl (C=O) groups is 2. The molecule has 2 fully saturated rings. The third-order valence-corrected chi connectivity index (χ3v) is 5.47. The molecule has 30 heavy (non-hydrogen) atoms. The van der Waals surface area contributed by atoms with Crippen molar-refractivity contribution in [1.29, 1.82) is 0 Å². The van der Waals surface area contributed by atoms with E-state index in [1.54, 1.807) is 0 Å². The van der Waals surface area contributed by atoms with Gasteiger partial charge in [0.05, 0.1) is 14.2 Å². The summed E-state index contributed by atoms with van der Waals surface area (Å²) in [5, 5.41) is 0.216. The Kier molecular flexibility index (Phi) is 6.95. The number of hydrogen-bond donors (Lipinski definition) is 1.